The Kier molecular flexibility index (Phi) is 5.34. The number of rotatable bonds is 6. The number of anilines is 2. The van der Waals surface area contributed by atoms with E-state index < -0.39 is 0 Å². The zero-order valence-electron chi connectivity index (χ0n) is 9.95. The highest BCUT2D eigenvalue weighted by Gasteiger charge is 2.09. The van der Waals surface area contributed by atoms with Crippen molar-refractivity contribution in [2.45, 2.75) is 26.3 Å². The van der Waals surface area contributed by atoms with Crippen molar-refractivity contribution in [3.8, 4) is 0 Å². The van der Waals surface area contributed by atoms with E-state index in [2.05, 4.69) is 33.9 Å². The van der Waals surface area contributed by atoms with Crippen LogP contribution in [0.5, 0.6) is 0 Å². The number of nitrogen functional groups attached to an aromatic ring is 1. The fraction of sp³-hybridized carbons (Fsp3) is 0.600. The summed E-state index contributed by atoms with van der Waals surface area (Å²) in [7, 11) is 0. The van der Waals surface area contributed by atoms with Gasteiger partial charge in [-0.3, -0.25) is 5.43 Å². The van der Waals surface area contributed by atoms with Gasteiger partial charge in [-0.25, -0.2) is 10.8 Å². The molecule has 1 aromatic heterocycles. The average molecular weight is 241 g/mol. The van der Waals surface area contributed by atoms with Gasteiger partial charge in [-0.1, -0.05) is 6.92 Å². The van der Waals surface area contributed by atoms with Gasteiger partial charge < -0.3 is 5.32 Å². The third kappa shape index (κ3) is 3.53. The van der Waals surface area contributed by atoms with Crippen molar-refractivity contribution in [2.24, 2.45) is 5.84 Å². The standard InChI is InChI=1S/C10H19N5S/c1-4-8(6-16-3)13-9-7(2)5-12-10(14-9)15-11/h5,8H,4,6,11H2,1-3H3,(H2,12,13,14,15). The molecule has 6 heteroatoms. The molecule has 0 amide bonds. The van der Waals surface area contributed by atoms with E-state index in [4.69, 9.17) is 5.84 Å². The lowest BCUT2D eigenvalue weighted by Gasteiger charge is -2.18. The molecule has 1 aromatic rings. The zero-order valence-corrected chi connectivity index (χ0v) is 10.8. The minimum atomic E-state index is 0.425. The molecule has 0 bridgehead atoms. The van der Waals surface area contributed by atoms with Gasteiger partial charge in [0.1, 0.15) is 5.82 Å². The summed E-state index contributed by atoms with van der Waals surface area (Å²) in [5.74, 6) is 7.63. The quantitative estimate of drug-likeness (QED) is 0.519. The number of aryl methyl sites for hydroxylation is 1. The number of thioether (sulfide) groups is 1. The van der Waals surface area contributed by atoms with E-state index >= 15 is 0 Å². The number of aromatic nitrogens is 2. The fourth-order valence-electron chi connectivity index (χ4n) is 1.31. The van der Waals surface area contributed by atoms with Gasteiger partial charge in [-0.15, -0.1) is 0 Å². The maximum absolute atomic E-state index is 5.28. The van der Waals surface area contributed by atoms with Crippen molar-refractivity contribution in [1.29, 1.82) is 0 Å². The minimum absolute atomic E-state index is 0.425. The first-order chi connectivity index (χ1) is 7.71. The second-order valence-corrected chi connectivity index (χ2v) is 4.49. The van der Waals surface area contributed by atoms with Gasteiger partial charge >= 0.3 is 0 Å². The first-order valence-corrected chi connectivity index (χ1v) is 6.66. The zero-order chi connectivity index (χ0) is 12.0. The minimum Gasteiger partial charge on any atom is -0.366 e. The van der Waals surface area contributed by atoms with Gasteiger partial charge in [0, 0.05) is 23.6 Å². The molecule has 1 atom stereocenters. The summed E-state index contributed by atoms with van der Waals surface area (Å²) >= 11 is 1.82. The van der Waals surface area contributed by atoms with Crippen molar-refractivity contribution in [3.63, 3.8) is 0 Å². The van der Waals surface area contributed by atoms with Crippen LogP contribution in [0.1, 0.15) is 18.9 Å². The monoisotopic (exact) mass is 241 g/mol. The van der Waals surface area contributed by atoms with E-state index in [9.17, 15) is 0 Å². The molecule has 5 nitrogen and oxygen atoms in total. The lowest BCUT2D eigenvalue weighted by molar-refractivity contribution is 0.767. The molecule has 0 aliphatic carbocycles. The van der Waals surface area contributed by atoms with Crippen molar-refractivity contribution in [2.75, 3.05) is 22.8 Å². The Morgan fingerprint density at radius 1 is 1.56 bits per heavy atom. The predicted octanol–water partition coefficient (Wildman–Crippen LogP) is 1.62. The molecule has 0 aliphatic heterocycles. The molecule has 0 spiro atoms. The van der Waals surface area contributed by atoms with Crippen LogP contribution in [0.15, 0.2) is 6.20 Å². The third-order valence-electron chi connectivity index (χ3n) is 2.30. The molecule has 90 valence electrons. The molecule has 4 N–H and O–H groups in total. The van der Waals surface area contributed by atoms with Crippen molar-refractivity contribution >= 4 is 23.5 Å². The number of hydrazine groups is 1. The van der Waals surface area contributed by atoms with Gasteiger partial charge in [0.15, 0.2) is 0 Å². The lowest BCUT2D eigenvalue weighted by atomic mass is 10.2. The van der Waals surface area contributed by atoms with Crippen molar-refractivity contribution < 1.29 is 0 Å². The van der Waals surface area contributed by atoms with Crippen LogP contribution in [0.25, 0.3) is 0 Å². The SMILES string of the molecule is CCC(CSC)Nc1nc(NN)ncc1C. The second-order valence-electron chi connectivity index (χ2n) is 3.57. The summed E-state index contributed by atoms with van der Waals surface area (Å²) in [4.78, 5) is 8.34. The molecule has 0 aliphatic rings. The molecule has 16 heavy (non-hydrogen) atoms. The van der Waals surface area contributed by atoms with Crippen LogP contribution < -0.4 is 16.6 Å². The first-order valence-electron chi connectivity index (χ1n) is 5.27. The Labute approximate surface area is 101 Å². The molecule has 0 saturated carbocycles. The van der Waals surface area contributed by atoms with E-state index in [1.54, 1.807) is 6.20 Å². The topological polar surface area (TPSA) is 75.9 Å². The van der Waals surface area contributed by atoms with Gasteiger partial charge in [-0.2, -0.15) is 16.7 Å². The van der Waals surface area contributed by atoms with Crippen LogP contribution >= 0.6 is 11.8 Å². The maximum Gasteiger partial charge on any atom is 0.239 e. The lowest BCUT2D eigenvalue weighted by Crippen LogP contribution is -2.23. The van der Waals surface area contributed by atoms with Crippen LogP contribution in [-0.4, -0.2) is 28.0 Å². The Hall–Kier alpha value is -1.01. The smallest absolute Gasteiger partial charge is 0.239 e. The number of nitrogens with one attached hydrogen (secondary N) is 2. The summed E-state index contributed by atoms with van der Waals surface area (Å²) in [6.45, 7) is 4.14. The first kappa shape index (κ1) is 13.1. The molecule has 0 fully saturated rings. The molecular formula is C10H19N5S. The number of nitrogens with zero attached hydrogens (tertiary/aromatic N) is 2. The van der Waals surface area contributed by atoms with Crippen molar-refractivity contribution in [1.82, 2.24) is 9.97 Å². The van der Waals surface area contributed by atoms with Crippen LogP contribution in [0, 0.1) is 6.92 Å². The number of hydrogen-bond donors (Lipinski definition) is 3. The summed E-state index contributed by atoms with van der Waals surface area (Å²) in [5, 5.41) is 3.41. The highest BCUT2D eigenvalue weighted by atomic mass is 32.2. The fourth-order valence-corrected chi connectivity index (χ4v) is 2.04. The molecule has 1 unspecified atom stereocenters. The summed E-state index contributed by atoms with van der Waals surface area (Å²) in [6.07, 6.45) is 4.93. The molecule has 1 rings (SSSR count). The van der Waals surface area contributed by atoms with E-state index in [1.165, 1.54) is 0 Å². The predicted molar refractivity (Wildman–Crippen MR) is 70.7 cm³/mol. The Morgan fingerprint density at radius 3 is 2.88 bits per heavy atom. The Bertz CT molecular complexity index is 331. The average Bonchev–Trinajstić information content (AvgIpc) is 2.31. The van der Waals surface area contributed by atoms with E-state index in [0.717, 1.165) is 23.6 Å². The Morgan fingerprint density at radius 2 is 2.31 bits per heavy atom. The number of nitrogens with two attached hydrogens (primary N) is 1. The second kappa shape index (κ2) is 6.55. The Balaban J connectivity index is 2.77. The van der Waals surface area contributed by atoms with Crippen LogP contribution in [0.4, 0.5) is 11.8 Å². The van der Waals surface area contributed by atoms with Crippen LogP contribution in [-0.2, 0) is 0 Å². The molecule has 0 radical (unpaired) electrons. The van der Waals surface area contributed by atoms with Gasteiger partial charge in [0.2, 0.25) is 5.95 Å². The third-order valence-corrected chi connectivity index (χ3v) is 3.04. The molecule has 0 aromatic carbocycles. The summed E-state index contributed by atoms with van der Waals surface area (Å²) in [5.41, 5.74) is 3.48. The van der Waals surface area contributed by atoms with E-state index in [-0.39, 0.29) is 0 Å². The summed E-state index contributed by atoms with van der Waals surface area (Å²) in [6, 6.07) is 0.425. The highest BCUT2D eigenvalue weighted by molar-refractivity contribution is 7.98. The molecule has 0 saturated heterocycles. The van der Waals surface area contributed by atoms with Crippen molar-refractivity contribution in [3.05, 3.63) is 11.8 Å². The van der Waals surface area contributed by atoms with E-state index in [1.807, 2.05) is 18.7 Å². The normalized spacial score (nSPS) is 12.2. The van der Waals surface area contributed by atoms with E-state index in [0.29, 0.717) is 12.0 Å². The highest BCUT2D eigenvalue weighted by Crippen LogP contribution is 2.15. The molecule has 1 heterocycles. The summed E-state index contributed by atoms with van der Waals surface area (Å²) < 4.78 is 0. The van der Waals surface area contributed by atoms with Gasteiger partial charge in [0.25, 0.3) is 0 Å². The van der Waals surface area contributed by atoms with Gasteiger partial charge in [0.05, 0.1) is 0 Å². The van der Waals surface area contributed by atoms with Gasteiger partial charge in [-0.05, 0) is 19.6 Å². The maximum atomic E-state index is 5.28. The number of hydrogen-bond acceptors (Lipinski definition) is 6. The largest absolute Gasteiger partial charge is 0.366 e. The van der Waals surface area contributed by atoms with Crippen LogP contribution in [0.3, 0.4) is 0 Å². The molecular weight excluding hydrogens is 222 g/mol. The van der Waals surface area contributed by atoms with Crippen LogP contribution in [0.2, 0.25) is 0 Å².